The molecule has 14 nitrogen and oxygen atoms in total. The van der Waals surface area contributed by atoms with Gasteiger partial charge in [-0.3, -0.25) is 9.69 Å². The molecule has 51 heavy (non-hydrogen) atoms. The SMILES string of the molecule is [B]c1cc(C[C@@H](OC(=O)N2CCC(N3CCc4ccccc4NC3=O)CC2)C(=O)N2CCC(N3CCN(S(=O)(=O)NC)CC3)CC2)cc(Br)c1O. The van der Waals surface area contributed by atoms with Crippen molar-refractivity contribution in [2.45, 2.75) is 56.7 Å². The van der Waals surface area contributed by atoms with Gasteiger partial charge in [0.05, 0.1) is 4.47 Å². The van der Waals surface area contributed by atoms with Gasteiger partial charge >= 0.3 is 12.1 Å². The zero-order valence-electron chi connectivity index (χ0n) is 28.8. The average Bonchev–Trinajstić information content (AvgIpc) is 3.31. The number of carbonyl (C=O) groups is 3. The Labute approximate surface area is 309 Å². The van der Waals surface area contributed by atoms with E-state index in [9.17, 15) is 27.9 Å². The smallest absolute Gasteiger partial charge is 0.410 e. The number of ether oxygens (including phenoxy) is 1. The number of aromatic hydroxyl groups is 1. The summed E-state index contributed by atoms with van der Waals surface area (Å²) >= 11 is 3.31. The molecular formula is C34H45BBrN7O7S. The van der Waals surface area contributed by atoms with Crippen molar-refractivity contribution in [2.75, 3.05) is 71.3 Å². The third kappa shape index (κ3) is 8.65. The number of amides is 4. The predicted octanol–water partition coefficient (Wildman–Crippen LogP) is 1.62. The van der Waals surface area contributed by atoms with Crippen molar-refractivity contribution in [2.24, 2.45) is 0 Å². The van der Waals surface area contributed by atoms with E-state index >= 15 is 0 Å². The Balaban J connectivity index is 1.07. The second-order valence-corrected chi connectivity index (χ2v) is 16.3. The number of nitrogens with one attached hydrogen (secondary N) is 2. The van der Waals surface area contributed by atoms with Crippen molar-refractivity contribution in [1.82, 2.24) is 28.6 Å². The van der Waals surface area contributed by atoms with E-state index in [1.54, 1.807) is 21.9 Å². The predicted molar refractivity (Wildman–Crippen MR) is 196 cm³/mol. The highest BCUT2D eigenvalue weighted by atomic mass is 79.9. The molecule has 0 unspecified atom stereocenters. The van der Waals surface area contributed by atoms with Gasteiger partial charge in [-0.2, -0.15) is 12.7 Å². The number of rotatable bonds is 8. The number of carbonyl (C=O) groups excluding carboxylic acids is 3. The van der Waals surface area contributed by atoms with E-state index in [-0.39, 0.29) is 41.7 Å². The van der Waals surface area contributed by atoms with Gasteiger partial charge in [0.1, 0.15) is 13.6 Å². The molecule has 2 aromatic carbocycles. The van der Waals surface area contributed by atoms with Crippen LogP contribution in [0.5, 0.6) is 5.75 Å². The average molecular weight is 787 g/mol. The summed E-state index contributed by atoms with van der Waals surface area (Å²) in [7, 11) is 3.96. The van der Waals surface area contributed by atoms with Gasteiger partial charge in [0, 0.05) is 90.1 Å². The van der Waals surface area contributed by atoms with Gasteiger partial charge in [-0.25, -0.2) is 14.3 Å². The van der Waals surface area contributed by atoms with E-state index in [0.717, 1.165) is 17.7 Å². The quantitative estimate of drug-likeness (QED) is 0.342. The number of hydrogen-bond acceptors (Lipinski definition) is 8. The molecule has 0 aliphatic carbocycles. The molecule has 3 fully saturated rings. The standard InChI is InChI=1S/C34H45BBrN7O7S/c1-37-51(48,49)42-18-16-39(17-19-42)25-7-11-40(12-8-25)32(45)30(22-23-20-27(35)31(44)28(36)21-23)50-34(47)41-13-9-26(10-14-41)43-15-6-24-4-2-3-5-29(24)38-33(43)46/h2-5,20-21,25-26,30,37,44H,6-19,22H2,1H3,(H,38,46)/t30-/m1/s1. The summed E-state index contributed by atoms with van der Waals surface area (Å²) < 4.78 is 34.6. The summed E-state index contributed by atoms with van der Waals surface area (Å²) in [5, 5.41) is 13.2. The molecule has 0 saturated carbocycles. The van der Waals surface area contributed by atoms with Crippen LogP contribution in [0.2, 0.25) is 0 Å². The highest BCUT2D eigenvalue weighted by Gasteiger charge is 2.37. The first-order valence-corrected chi connectivity index (χ1v) is 19.8. The number of likely N-dealkylation sites (tertiary alicyclic amines) is 2. The highest BCUT2D eigenvalue weighted by Crippen LogP contribution is 2.27. The van der Waals surface area contributed by atoms with Crippen LogP contribution in [0.1, 0.15) is 36.8 Å². The Morgan fingerprint density at radius 2 is 1.63 bits per heavy atom. The number of fused-ring (bicyclic) bond motifs is 1. The number of piperazine rings is 1. The van der Waals surface area contributed by atoms with Crippen LogP contribution >= 0.6 is 15.9 Å². The monoisotopic (exact) mass is 785 g/mol. The zero-order chi connectivity index (χ0) is 36.3. The maximum atomic E-state index is 14.0. The molecule has 2 aromatic rings. The minimum Gasteiger partial charge on any atom is -0.507 e. The van der Waals surface area contributed by atoms with Crippen LogP contribution in [-0.4, -0.2) is 147 Å². The molecule has 0 spiro atoms. The van der Waals surface area contributed by atoms with Crippen molar-refractivity contribution in [3.63, 3.8) is 0 Å². The summed E-state index contributed by atoms with van der Waals surface area (Å²) in [4.78, 5) is 48.2. The Kier molecular flexibility index (Phi) is 11.8. The molecule has 2 radical (unpaired) electrons. The molecule has 4 amide bonds. The van der Waals surface area contributed by atoms with Gasteiger partial charge in [-0.1, -0.05) is 29.7 Å². The number of piperidine rings is 2. The van der Waals surface area contributed by atoms with Crippen LogP contribution in [0, 0.1) is 0 Å². The highest BCUT2D eigenvalue weighted by molar-refractivity contribution is 9.10. The van der Waals surface area contributed by atoms with Crippen molar-refractivity contribution in [3.8, 4) is 5.75 Å². The lowest BCUT2D eigenvalue weighted by molar-refractivity contribution is -0.142. The largest absolute Gasteiger partial charge is 0.507 e. The summed E-state index contributed by atoms with van der Waals surface area (Å²) in [5.41, 5.74) is 2.69. The maximum Gasteiger partial charge on any atom is 0.410 e. The van der Waals surface area contributed by atoms with E-state index < -0.39 is 22.4 Å². The van der Waals surface area contributed by atoms with E-state index in [4.69, 9.17) is 12.6 Å². The third-order valence-electron chi connectivity index (χ3n) is 10.6. The number of urea groups is 1. The van der Waals surface area contributed by atoms with Crippen molar-refractivity contribution >= 4 is 63.2 Å². The van der Waals surface area contributed by atoms with Crippen LogP contribution in [0.4, 0.5) is 15.3 Å². The normalized spacial score (nSPS) is 20.7. The summed E-state index contributed by atoms with van der Waals surface area (Å²) in [5.74, 6) is -0.403. The van der Waals surface area contributed by atoms with E-state index in [2.05, 4.69) is 30.9 Å². The lowest BCUT2D eigenvalue weighted by atomic mass is 9.91. The number of benzene rings is 2. The molecule has 4 aliphatic heterocycles. The van der Waals surface area contributed by atoms with Gasteiger partial charge in [-0.05, 0) is 71.3 Å². The number of anilines is 1. The molecule has 1 atom stereocenters. The van der Waals surface area contributed by atoms with E-state index in [1.807, 2.05) is 29.2 Å². The Bertz CT molecular complexity index is 1690. The number of phenols is 1. The summed E-state index contributed by atoms with van der Waals surface area (Å²) in [6, 6.07) is 11.1. The van der Waals surface area contributed by atoms with Crippen molar-refractivity contribution in [3.05, 3.63) is 52.0 Å². The maximum absolute atomic E-state index is 14.0. The number of para-hydroxylation sites is 1. The fraction of sp³-hybridized carbons (Fsp3) is 0.559. The number of phenolic OH excluding ortho intramolecular Hbond substituents is 1. The first-order valence-electron chi connectivity index (χ1n) is 17.5. The lowest BCUT2D eigenvalue weighted by Crippen LogP contribution is -2.56. The van der Waals surface area contributed by atoms with Crippen LogP contribution < -0.4 is 15.5 Å². The van der Waals surface area contributed by atoms with Gasteiger partial charge in [-0.15, -0.1) is 0 Å². The number of halogens is 1. The molecule has 17 heteroatoms. The molecule has 3 saturated heterocycles. The Hall–Kier alpha value is -3.38. The molecule has 3 N–H and O–H groups in total. The van der Waals surface area contributed by atoms with Crippen molar-refractivity contribution in [1.29, 1.82) is 0 Å². The fourth-order valence-electron chi connectivity index (χ4n) is 7.58. The third-order valence-corrected chi connectivity index (χ3v) is 12.7. The van der Waals surface area contributed by atoms with E-state index in [0.29, 0.717) is 94.6 Å². The van der Waals surface area contributed by atoms with Crippen molar-refractivity contribution < 1.29 is 32.6 Å². The second kappa shape index (κ2) is 16.1. The fourth-order valence-corrected chi connectivity index (χ4v) is 9.00. The minimum atomic E-state index is -3.46. The van der Waals surface area contributed by atoms with E-state index in [1.165, 1.54) is 11.4 Å². The summed E-state index contributed by atoms with van der Waals surface area (Å²) in [6.45, 7) is 4.34. The molecular weight excluding hydrogens is 741 g/mol. The van der Waals surface area contributed by atoms with Gasteiger partial charge in [0.15, 0.2) is 6.10 Å². The van der Waals surface area contributed by atoms with Crippen LogP contribution in [0.3, 0.4) is 0 Å². The van der Waals surface area contributed by atoms with Crippen LogP contribution in [-0.2, 0) is 32.6 Å². The molecule has 4 aliphatic rings. The molecule has 0 aromatic heterocycles. The Morgan fingerprint density at radius 1 is 0.980 bits per heavy atom. The second-order valence-electron chi connectivity index (χ2n) is 13.5. The zero-order valence-corrected chi connectivity index (χ0v) is 31.2. The number of hydrogen-bond donors (Lipinski definition) is 3. The Morgan fingerprint density at radius 3 is 2.29 bits per heavy atom. The van der Waals surface area contributed by atoms with Gasteiger partial charge < -0.3 is 29.9 Å². The molecule has 274 valence electrons. The first-order chi connectivity index (χ1) is 24.4. The van der Waals surface area contributed by atoms with Gasteiger partial charge in [0.25, 0.3) is 16.1 Å². The van der Waals surface area contributed by atoms with Crippen LogP contribution in [0.15, 0.2) is 40.9 Å². The molecule has 4 heterocycles. The molecule has 6 rings (SSSR count). The topological polar surface area (TPSA) is 155 Å². The lowest BCUT2D eigenvalue weighted by Gasteiger charge is -2.42. The van der Waals surface area contributed by atoms with Gasteiger partial charge in [0.2, 0.25) is 0 Å². The summed E-state index contributed by atoms with van der Waals surface area (Å²) in [6.07, 6.45) is 1.71. The number of nitrogens with zero attached hydrogens (tertiary/aromatic N) is 5. The minimum absolute atomic E-state index is 0.0323. The van der Waals surface area contributed by atoms with Crippen LogP contribution in [0.25, 0.3) is 0 Å². The molecule has 0 bridgehead atoms. The first kappa shape index (κ1) is 37.4.